The molecule has 1 aromatic heterocycles. The molecule has 1 rings (SSSR count). The Morgan fingerprint density at radius 1 is 1.88 bits per heavy atom. The fourth-order valence-corrected chi connectivity index (χ4v) is 0.440. The van der Waals surface area contributed by atoms with Crippen LogP contribution in [0.15, 0.2) is 4.52 Å². The van der Waals surface area contributed by atoms with Crippen molar-refractivity contribution in [3.63, 3.8) is 0 Å². The fraction of sp³-hybridized carbons (Fsp3) is 0.400. The molecule has 3 heteroatoms. The summed E-state index contributed by atoms with van der Waals surface area (Å²) >= 11 is 0. The van der Waals surface area contributed by atoms with Crippen molar-refractivity contribution >= 4 is 0 Å². The second-order valence-corrected chi connectivity index (χ2v) is 1.39. The highest BCUT2D eigenvalue weighted by molar-refractivity contribution is 4.94. The van der Waals surface area contributed by atoms with Gasteiger partial charge in [0.05, 0.1) is 0 Å². The van der Waals surface area contributed by atoms with Crippen molar-refractivity contribution in [2.24, 2.45) is 0 Å². The van der Waals surface area contributed by atoms with Crippen molar-refractivity contribution in [1.82, 2.24) is 5.16 Å². The SMILES string of the molecule is CCc1on[c]c1F. The van der Waals surface area contributed by atoms with Gasteiger partial charge >= 0.3 is 0 Å². The van der Waals surface area contributed by atoms with E-state index in [0.29, 0.717) is 6.42 Å². The standard InChI is InChI=1S/C5H5FNO/c1-2-5-4(6)3-7-8-5/h2H2,1H3. The van der Waals surface area contributed by atoms with Crippen LogP contribution in [0.5, 0.6) is 0 Å². The molecule has 0 unspecified atom stereocenters. The van der Waals surface area contributed by atoms with Crippen LogP contribution in [0.25, 0.3) is 0 Å². The minimum atomic E-state index is -0.479. The van der Waals surface area contributed by atoms with E-state index in [1.165, 1.54) is 0 Å². The summed E-state index contributed by atoms with van der Waals surface area (Å²) in [5.74, 6) is -0.211. The maximum absolute atomic E-state index is 12.1. The summed E-state index contributed by atoms with van der Waals surface area (Å²) in [4.78, 5) is 0. The number of rotatable bonds is 1. The first-order valence-corrected chi connectivity index (χ1v) is 2.36. The molecule has 1 radical (unpaired) electrons. The van der Waals surface area contributed by atoms with E-state index < -0.39 is 5.82 Å². The molecular weight excluding hydrogens is 109 g/mol. The first kappa shape index (κ1) is 5.28. The van der Waals surface area contributed by atoms with E-state index >= 15 is 0 Å². The number of halogens is 1. The van der Waals surface area contributed by atoms with Gasteiger partial charge in [0.15, 0.2) is 17.8 Å². The van der Waals surface area contributed by atoms with Gasteiger partial charge < -0.3 is 4.52 Å². The van der Waals surface area contributed by atoms with Crippen LogP contribution in [0.3, 0.4) is 0 Å². The Bertz CT molecular complexity index is 173. The topological polar surface area (TPSA) is 26.0 Å². The number of hydrogen-bond donors (Lipinski definition) is 0. The largest absolute Gasteiger partial charge is 0.358 e. The average Bonchev–Trinajstić information content (AvgIpc) is 2.14. The number of hydrogen-bond acceptors (Lipinski definition) is 2. The lowest BCUT2D eigenvalue weighted by atomic mass is 10.4. The maximum Gasteiger partial charge on any atom is 0.195 e. The summed E-state index contributed by atoms with van der Waals surface area (Å²) in [5, 5.41) is 3.12. The second kappa shape index (κ2) is 1.94. The minimum Gasteiger partial charge on any atom is -0.358 e. The molecule has 0 aliphatic carbocycles. The van der Waals surface area contributed by atoms with Crippen molar-refractivity contribution in [2.45, 2.75) is 13.3 Å². The summed E-state index contributed by atoms with van der Waals surface area (Å²) in [5.41, 5.74) is 0. The molecule has 0 aliphatic heterocycles. The zero-order valence-corrected chi connectivity index (χ0v) is 4.44. The average molecular weight is 114 g/mol. The summed E-state index contributed by atoms with van der Waals surface area (Å²) < 4.78 is 16.6. The lowest BCUT2D eigenvalue weighted by molar-refractivity contribution is 0.377. The van der Waals surface area contributed by atoms with E-state index in [1.54, 1.807) is 6.92 Å². The quantitative estimate of drug-likeness (QED) is 0.547. The Morgan fingerprint density at radius 2 is 2.62 bits per heavy atom. The molecule has 0 aliphatic rings. The van der Waals surface area contributed by atoms with Gasteiger partial charge in [-0.3, -0.25) is 0 Å². The second-order valence-electron chi connectivity index (χ2n) is 1.39. The molecular formula is C5H5FNO. The van der Waals surface area contributed by atoms with Gasteiger partial charge in [0.2, 0.25) is 0 Å². The molecule has 0 saturated heterocycles. The van der Waals surface area contributed by atoms with Gasteiger partial charge in [0.1, 0.15) is 0 Å². The van der Waals surface area contributed by atoms with Gasteiger partial charge in [-0.05, 0) is 0 Å². The van der Waals surface area contributed by atoms with Gasteiger partial charge in [-0.2, -0.15) is 0 Å². The predicted octanol–water partition coefficient (Wildman–Crippen LogP) is 1.18. The van der Waals surface area contributed by atoms with Crippen molar-refractivity contribution in [3.05, 3.63) is 17.8 Å². The molecule has 43 valence electrons. The zero-order valence-electron chi connectivity index (χ0n) is 4.44. The van der Waals surface area contributed by atoms with Crippen LogP contribution in [0.2, 0.25) is 0 Å². The van der Waals surface area contributed by atoms with Crippen LogP contribution < -0.4 is 0 Å². The van der Waals surface area contributed by atoms with E-state index in [-0.39, 0.29) is 5.76 Å². The van der Waals surface area contributed by atoms with Crippen LogP contribution in [0.1, 0.15) is 12.7 Å². The molecule has 8 heavy (non-hydrogen) atoms. The molecule has 1 heterocycles. The summed E-state index contributed by atoms with van der Waals surface area (Å²) in [6.07, 6.45) is 2.57. The number of aryl methyl sites for hydroxylation is 1. The van der Waals surface area contributed by atoms with Crippen LogP contribution in [0, 0.1) is 12.0 Å². The van der Waals surface area contributed by atoms with Gasteiger partial charge in [0.25, 0.3) is 0 Å². The smallest absolute Gasteiger partial charge is 0.195 e. The zero-order chi connectivity index (χ0) is 5.98. The Labute approximate surface area is 46.3 Å². The van der Waals surface area contributed by atoms with Gasteiger partial charge in [-0.1, -0.05) is 12.1 Å². The molecule has 0 atom stereocenters. The molecule has 0 aromatic carbocycles. The Morgan fingerprint density at radius 3 is 2.88 bits per heavy atom. The van der Waals surface area contributed by atoms with Gasteiger partial charge in [0, 0.05) is 6.42 Å². The van der Waals surface area contributed by atoms with E-state index in [9.17, 15) is 4.39 Å². The van der Waals surface area contributed by atoms with E-state index in [0.717, 1.165) is 0 Å². The predicted molar refractivity (Wildman–Crippen MR) is 24.7 cm³/mol. The minimum absolute atomic E-state index is 0.269. The Hall–Kier alpha value is -0.860. The Kier molecular flexibility index (Phi) is 1.28. The third kappa shape index (κ3) is 0.710. The lowest BCUT2D eigenvalue weighted by Gasteiger charge is -1.80. The number of nitrogens with zero attached hydrogens (tertiary/aromatic N) is 1. The number of aromatic nitrogens is 1. The third-order valence-corrected chi connectivity index (χ3v) is 0.866. The maximum atomic E-state index is 12.1. The highest BCUT2D eigenvalue weighted by Gasteiger charge is 2.02. The van der Waals surface area contributed by atoms with Gasteiger partial charge in [-0.15, -0.1) is 0 Å². The van der Waals surface area contributed by atoms with Gasteiger partial charge in [-0.25, -0.2) is 4.39 Å². The normalized spacial score (nSPS) is 9.75. The van der Waals surface area contributed by atoms with Crippen LogP contribution >= 0.6 is 0 Å². The van der Waals surface area contributed by atoms with Crippen molar-refractivity contribution in [1.29, 1.82) is 0 Å². The van der Waals surface area contributed by atoms with E-state index in [2.05, 4.69) is 9.68 Å². The Balaban J connectivity index is 2.92. The molecule has 0 spiro atoms. The lowest BCUT2D eigenvalue weighted by Crippen LogP contribution is -1.76. The van der Waals surface area contributed by atoms with Crippen molar-refractivity contribution < 1.29 is 8.91 Å². The van der Waals surface area contributed by atoms with Crippen LogP contribution in [-0.4, -0.2) is 5.16 Å². The first-order chi connectivity index (χ1) is 3.84. The summed E-state index contributed by atoms with van der Waals surface area (Å²) in [6, 6.07) is 0. The molecule has 0 fully saturated rings. The van der Waals surface area contributed by atoms with Crippen molar-refractivity contribution in [3.8, 4) is 0 Å². The monoisotopic (exact) mass is 114 g/mol. The molecule has 0 amide bonds. The molecule has 1 aromatic rings. The highest BCUT2D eigenvalue weighted by atomic mass is 19.1. The van der Waals surface area contributed by atoms with Crippen molar-refractivity contribution in [2.75, 3.05) is 0 Å². The molecule has 0 N–H and O–H groups in total. The van der Waals surface area contributed by atoms with E-state index in [1.807, 2.05) is 6.20 Å². The highest BCUT2D eigenvalue weighted by Crippen LogP contribution is 2.03. The van der Waals surface area contributed by atoms with Crippen LogP contribution in [0.4, 0.5) is 4.39 Å². The fourth-order valence-electron chi connectivity index (χ4n) is 0.440. The first-order valence-electron chi connectivity index (χ1n) is 2.36. The van der Waals surface area contributed by atoms with Crippen LogP contribution in [-0.2, 0) is 6.42 Å². The van der Waals surface area contributed by atoms with E-state index in [4.69, 9.17) is 0 Å². The summed E-state index contributed by atoms with van der Waals surface area (Å²) in [6.45, 7) is 1.79. The molecule has 2 nitrogen and oxygen atoms in total. The third-order valence-electron chi connectivity index (χ3n) is 0.866. The molecule has 0 saturated carbocycles. The summed E-state index contributed by atoms with van der Waals surface area (Å²) in [7, 11) is 0. The molecule has 0 bridgehead atoms.